The zero-order chi connectivity index (χ0) is 21.0. The second-order valence-electron chi connectivity index (χ2n) is 7.04. The standard InChI is InChI=1S/C23H24ClN3OS/c1-15-9-16(2)11-21(10-15)27-17(3)12-19(18(27)4)13-25-26-23(28)14-29-22-7-5-20(24)6-8-22/h5-13H,14H2,1-4H3,(H,26,28)/b25-13-. The van der Waals surface area contributed by atoms with E-state index in [-0.39, 0.29) is 5.91 Å². The minimum absolute atomic E-state index is 0.149. The Hall–Kier alpha value is -2.50. The summed E-state index contributed by atoms with van der Waals surface area (Å²) in [4.78, 5) is 13.0. The molecule has 1 heterocycles. The number of hydrazone groups is 1. The molecule has 0 radical (unpaired) electrons. The number of amides is 1. The van der Waals surface area contributed by atoms with Crippen LogP contribution in [-0.4, -0.2) is 22.4 Å². The van der Waals surface area contributed by atoms with Gasteiger partial charge in [0.15, 0.2) is 0 Å². The maximum absolute atomic E-state index is 12.1. The maximum atomic E-state index is 12.1. The number of hydrogen-bond acceptors (Lipinski definition) is 3. The molecule has 0 saturated heterocycles. The number of benzene rings is 2. The average molecular weight is 426 g/mol. The largest absolute Gasteiger partial charge is 0.318 e. The normalized spacial score (nSPS) is 11.2. The number of rotatable bonds is 6. The third-order valence-electron chi connectivity index (χ3n) is 4.51. The Morgan fingerprint density at radius 2 is 1.72 bits per heavy atom. The third-order valence-corrected chi connectivity index (χ3v) is 5.78. The van der Waals surface area contributed by atoms with Crippen LogP contribution < -0.4 is 5.43 Å². The fourth-order valence-electron chi connectivity index (χ4n) is 3.28. The van der Waals surface area contributed by atoms with E-state index in [4.69, 9.17) is 11.6 Å². The van der Waals surface area contributed by atoms with Crippen LogP contribution in [0.4, 0.5) is 0 Å². The van der Waals surface area contributed by atoms with E-state index in [1.165, 1.54) is 22.9 Å². The van der Waals surface area contributed by atoms with Gasteiger partial charge in [0, 0.05) is 32.6 Å². The van der Waals surface area contributed by atoms with E-state index in [1.54, 1.807) is 6.21 Å². The molecule has 1 N–H and O–H groups in total. The van der Waals surface area contributed by atoms with Gasteiger partial charge in [0.2, 0.25) is 5.91 Å². The molecule has 0 aliphatic rings. The van der Waals surface area contributed by atoms with Crippen LogP contribution in [-0.2, 0) is 4.79 Å². The van der Waals surface area contributed by atoms with Gasteiger partial charge >= 0.3 is 0 Å². The van der Waals surface area contributed by atoms with E-state index in [0.717, 1.165) is 27.5 Å². The van der Waals surface area contributed by atoms with Gasteiger partial charge < -0.3 is 4.57 Å². The van der Waals surface area contributed by atoms with Crippen molar-refractivity contribution in [3.8, 4) is 5.69 Å². The number of aryl methyl sites for hydroxylation is 3. The number of nitrogens with one attached hydrogen (secondary N) is 1. The van der Waals surface area contributed by atoms with Crippen LogP contribution in [0.15, 0.2) is 58.5 Å². The summed E-state index contributed by atoms with van der Waals surface area (Å²) in [5.74, 6) is 0.143. The van der Waals surface area contributed by atoms with Crippen molar-refractivity contribution < 1.29 is 4.79 Å². The Balaban J connectivity index is 1.65. The van der Waals surface area contributed by atoms with Crippen molar-refractivity contribution in [3.63, 3.8) is 0 Å². The lowest BCUT2D eigenvalue weighted by atomic mass is 10.1. The molecule has 0 bridgehead atoms. The number of carbonyl (C=O) groups excluding carboxylic acids is 1. The molecule has 3 rings (SSSR count). The molecule has 0 atom stereocenters. The van der Waals surface area contributed by atoms with E-state index in [0.29, 0.717) is 10.8 Å². The lowest BCUT2D eigenvalue weighted by molar-refractivity contribution is -0.118. The van der Waals surface area contributed by atoms with E-state index in [1.807, 2.05) is 24.3 Å². The van der Waals surface area contributed by atoms with Gasteiger partial charge in [0.05, 0.1) is 12.0 Å². The quantitative estimate of drug-likeness (QED) is 0.317. The van der Waals surface area contributed by atoms with Crippen LogP contribution in [0.1, 0.15) is 28.1 Å². The highest BCUT2D eigenvalue weighted by Crippen LogP contribution is 2.22. The van der Waals surface area contributed by atoms with Crippen LogP contribution in [0.5, 0.6) is 0 Å². The smallest absolute Gasteiger partial charge is 0.250 e. The summed E-state index contributed by atoms with van der Waals surface area (Å²) in [7, 11) is 0. The number of aromatic nitrogens is 1. The first-order valence-electron chi connectivity index (χ1n) is 9.31. The first kappa shape index (κ1) is 21.2. The molecule has 150 valence electrons. The molecule has 4 nitrogen and oxygen atoms in total. The summed E-state index contributed by atoms with van der Waals surface area (Å²) in [6.45, 7) is 8.34. The topological polar surface area (TPSA) is 46.4 Å². The van der Waals surface area contributed by atoms with Crippen LogP contribution in [0.3, 0.4) is 0 Å². The van der Waals surface area contributed by atoms with Crippen LogP contribution >= 0.6 is 23.4 Å². The molecule has 0 aliphatic heterocycles. The third kappa shape index (κ3) is 5.52. The monoisotopic (exact) mass is 425 g/mol. The maximum Gasteiger partial charge on any atom is 0.250 e. The highest BCUT2D eigenvalue weighted by atomic mass is 35.5. The SMILES string of the molecule is Cc1cc(C)cc(-n2c(C)cc(/C=N\NC(=O)CSc3ccc(Cl)cc3)c2C)c1. The van der Waals surface area contributed by atoms with Crippen molar-refractivity contribution in [2.45, 2.75) is 32.6 Å². The van der Waals surface area contributed by atoms with E-state index < -0.39 is 0 Å². The van der Waals surface area contributed by atoms with Crippen LogP contribution in [0.25, 0.3) is 5.69 Å². The molecule has 0 unspecified atom stereocenters. The van der Waals surface area contributed by atoms with E-state index in [2.05, 4.69) is 67.1 Å². The number of hydrogen-bond donors (Lipinski definition) is 1. The summed E-state index contributed by atoms with van der Waals surface area (Å²) < 4.78 is 2.21. The predicted octanol–water partition coefficient (Wildman–Crippen LogP) is 5.61. The van der Waals surface area contributed by atoms with Gasteiger partial charge in [0.1, 0.15) is 0 Å². The van der Waals surface area contributed by atoms with Crippen molar-refractivity contribution >= 4 is 35.5 Å². The Labute approximate surface area is 181 Å². The lowest BCUT2D eigenvalue weighted by Gasteiger charge is -2.11. The van der Waals surface area contributed by atoms with E-state index >= 15 is 0 Å². The molecular formula is C23H24ClN3OS. The fraction of sp³-hybridized carbons (Fsp3) is 0.217. The number of thioether (sulfide) groups is 1. The minimum Gasteiger partial charge on any atom is -0.318 e. The second kappa shape index (κ2) is 9.33. The van der Waals surface area contributed by atoms with Gasteiger partial charge in [-0.25, -0.2) is 5.43 Å². The van der Waals surface area contributed by atoms with Crippen molar-refractivity contribution in [1.29, 1.82) is 0 Å². The van der Waals surface area contributed by atoms with Gasteiger partial charge in [-0.15, -0.1) is 11.8 Å². The zero-order valence-electron chi connectivity index (χ0n) is 17.0. The Morgan fingerprint density at radius 1 is 1.07 bits per heavy atom. The van der Waals surface area contributed by atoms with Crippen molar-refractivity contribution in [1.82, 2.24) is 9.99 Å². The highest BCUT2D eigenvalue weighted by Gasteiger charge is 2.10. The molecule has 1 amide bonds. The lowest BCUT2D eigenvalue weighted by Crippen LogP contribution is -2.19. The molecule has 1 aromatic heterocycles. The second-order valence-corrected chi connectivity index (χ2v) is 8.53. The fourth-order valence-corrected chi connectivity index (χ4v) is 4.10. The molecule has 0 aliphatic carbocycles. The van der Waals surface area contributed by atoms with Gasteiger partial charge in [-0.3, -0.25) is 4.79 Å². The first-order valence-corrected chi connectivity index (χ1v) is 10.7. The molecule has 3 aromatic rings. The summed E-state index contributed by atoms with van der Waals surface area (Å²) in [6.07, 6.45) is 1.70. The first-order chi connectivity index (χ1) is 13.8. The van der Waals surface area contributed by atoms with Crippen LogP contribution in [0, 0.1) is 27.7 Å². The number of nitrogens with zero attached hydrogens (tertiary/aromatic N) is 2. The summed E-state index contributed by atoms with van der Waals surface area (Å²) >= 11 is 7.32. The molecule has 0 fully saturated rings. The average Bonchev–Trinajstić information content (AvgIpc) is 2.94. The molecule has 0 spiro atoms. The summed E-state index contributed by atoms with van der Waals surface area (Å²) in [6, 6.07) is 16.0. The predicted molar refractivity (Wildman–Crippen MR) is 123 cm³/mol. The molecule has 2 aromatic carbocycles. The summed E-state index contributed by atoms with van der Waals surface area (Å²) in [5.41, 5.74) is 9.39. The number of halogens is 1. The Bertz CT molecular complexity index is 1030. The van der Waals surface area contributed by atoms with E-state index in [9.17, 15) is 4.79 Å². The molecule has 29 heavy (non-hydrogen) atoms. The number of carbonyl (C=O) groups is 1. The van der Waals surface area contributed by atoms with Crippen molar-refractivity contribution in [2.75, 3.05) is 5.75 Å². The Morgan fingerprint density at radius 3 is 2.38 bits per heavy atom. The summed E-state index contributed by atoms with van der Waals surface area (Å²) in [5, 5.41) is 4.82. The molecule has 6 heteroatoms. The van der Waals surface area contributed by atoms with Gasteiger partial charge in [0.25, 0.3) is 0 Å². The minimum atomic E-state index is -0.149. The molecule has 0 saturated carbocycles. The highest BCUT2D eigenvalue weighted by molar-refractivity contribution is 8.00. The van der Waals surface area contributed by atoms with Crippen molar-refractivity contribution in [3.05, 3.63) is 81.6 Å². The molecular weight excluding hydrogens is 402 g/mol. The van der Waals surface area contributed by atoms with Crippen LogP contribution in [0.2, 0.25) is 5.02 Å². The van der Waals surface area contributed by atoms with Gasteiger partial charge in [-0.05, 0) is 81.3 Å². The van der Waals surface area contributed by atoms with Crippen molar-refractivity contribution in [2.24, 2.45) is 5.10 Å². The van der Waals surface area contributed by atoms with Gasteiger partial charge in [-0.1, -0.05) is 17.7 Å². The Kier molecular flexibility index (Phi) is 6.83. The van der Waals surface area contributed by atoms with Gasteiger partial charge in [-0.2, -0.15) is 5.10 Å². The zero-order valence-corrected chi connectivity index (χ0v) is 18.6.